The summed E-state index contributed by atoms with van der Waals surface area (Å²) < 4.78 is 0. The van der Waals surface area contributed by atoms with Gasteiger partial charge in [-0.1, -0.05) is 20.8 Å². The minimum Gasteiger partial charge on any atom is -0.370 e. The molecule has 1 atom stereocenters. The van der Waals surface area contributed by atoms with Crippen molar-refractivity contribution in [1.82, 2.24) is 10.3 Å². The normalized spacial score (nSPS) is 13.2. The topological polar surface area (TPSA) is 63.3 Å². The van der Waals surface area contributed by atoms with E-state index < -0.39 is 0 Å². The Balaban J connectivity index is 0.00000324. The lowest BCUT2D eigenvalue weighted by Gasteiger charge is -2.09. The summed E-state index contributed by atoms with van der Waals surface area (Å²) in [6, 6.07) is 0. The molecule has 1 aromatic rings. The van der Waals surface area contributed by atoms with Crippen LogP contribution in [0.1, 0.15) is 43.0 Å². The van der Waals surface area contributed by atoms with Crippen LogP contribution in [0.25, 0.3) is 0 Å². The van der Waals surface area contributed by atoms with Gasteiger partial charge >= 0.3 is 0 Å². The highest BCUT2D eigenvalue weighted by Crippen LogP contribution is 2.20. The van der Waals surface area contributed by atoms with Crippen LogP contribution >= 0.6 is 35.3 Å². The van der Waals surface area contributed by atoms with Gasteiger partial charge < -0.3 is 11.1 Å². The molecule has 1 aromatic heterocycles. The first-order valence-corrected chi connectivity index (χ1v) is 7.26. The molecule has 0 amide bonds. The van der Waals surface area contributed by atoms with E-state index in [2.05, 4.69) is 43.0 Å². The molecule has 1 heterocycles. The summed E-state index contributed by atoms with van der Waals surface area (Å²) in [5, 5.41) is 4.27. The number of aromatic nitrogens is 1. The van der Waals surface area contributed by atoms with Crippen molar-refractivity contribution in [3.8, 4) is 0 Å². The number of hydrogen-bond acceptors (Lipinski definition) is 3. The van der Waals surface area contributed by atoms with Crippen LogP contribution in [0.5, 0.6) is 0 Å². The Kier molecular flexibility index (Phi) is 9.34. The smallest absolute Gasteiger partial charge is 0.188 e. The minimum absolute atomic E-state index is 0. The first-order chi connectivity index (χ1) is 8.49. The molecule has 4 nitrogen and oxygen atoms in total. The van der Waals surface area contributed by atoms with Gasteiger partial charge in [-0.3, -0.25) is 4.99 Å². The quantitative estimate of drug-likeness (QED) is 0.441. The van der Waals surface area contributed by atoms with Crippen LogP contribution in [0.15, 0.2) is 11.2 Å². The standard InChI is InChI=1S/C13H24N4S.HI/c1-9(2)5-6-15-13(14)17-7-10(3)12-16-8-11(4)18-12;/h8-10H,5-7H2,1-4H3,(H3,14,15,17);1H. The lowest BCUT2D eigenvalue weighted by molar-refractivity contribution is 0.576. The molecule has 0 aliphatic carbocycles. The monoisotopic (exact) mass is 396 g/mol. The fraction of sp³-hybridized carbons (Fsp3) is 0.692. The third-order valence-electron chi connectivity index (χ3n) is 2.62. The summed E-state index contributed by atoms with van der Waals surface area (Å²) in [7, 11) is 0. The maximum absolute atomic E-state index is 5.81. The van der Waals surface area contributed by atoms with Crippen molar-refractivity contribution in [2.24, 2.45) is 16.6 Å². The van der Waals surface area contributed by atoms with E-state index in [1.807, 2.05) is 6.20 Å². The van der Waals surface area contributed by atoms with Crippen LogP contribution in [0.4, 0.5) is 0 Å². The lowest BCUT2D eigenvalue weighted by Crippen LogP contribution is -2.33. The van der Waals surface area contributed by atoms with Gasteiger partial charge in [-0.2, -0.15) is 0 Å². The molecule has 0 radical (unpaired) electrons. The van der Waals surface area contributed by atoms with E-state index in [4.69, 9.17) is 5.73 Å². The molecular formula is C13H25IN4S. The number of thiazole rings is 1. The average molecular weight is 396 g/mol. The van der Waals surface area contributed by atoms with Crippen molar-refractivity contribution in [1.29, 1.82) is 0 Å². The van der Waals surface area contributed by atoms with Gasteiger partial charge in [0.05, 0.1) is 11.6 Å². The zero-order chi connectivity index (χ0) is 13.5. The molecule has 3 N–H and O–H groups in total. The highest BCUT2D eigenvalue weighted by atomic mass is 127. The summed E-state index contributed by atoms with van der Waals surface area (Å²) in [5.41, 5.74) is 5.81. The zero-order valence-corrected chi connectivity index (χ0v) is 15.3. The van der Waals surface area contributed by atoms with E-state index in [0.717, 1.165) is 18.0 Å². The van der Waals surface area contributed by atoms with E-state index >= 15 is 0 Å². The first-order valence-electron chi connectivity index (χ1n) is 6.45. The Morgan fingerprint density at radius 3 is 2.68 bits per heavy atom. The molecule has 110 valence electrons. The molecule has 0 spiro atoms. The number of hydrogen-bond donors (Lipinski definition) is 2. The van der Waals surface area contributed by atoms with Crippen molar-refractivity contribution in [3.63, 3.8) is 0 Å². The number of halogens is 1. The van der Waals surface area contributed by atoms with Gasteiger partial charge in [0.1, 0.15) is 0 Å². The van der Waals surface area contributed by atoms with Gasteiger partial charge in [-0.15, -0.1) is 35.3 Å². The minimum atomic E-state index is 0. The molecular weight excluding hydrogens is 371 g/mol. The molecule has 6 heteroatoms. The number of nitrogens with one attached hydrogen (secondary N) is 1. The van der Waals surface area contributed by atoms with Crippen molar-refractivity contribution in [3.05, 3.63) is 16.1 Å². The molecule has 0 aliphatic heterocycles. The van der Waals surface area contributed by atoms with Crippen LogP contribution in [0, 0.1) is 12.8 Å². The zero-order valence-electron chi connectivity index (χ0n) is 12.1. The Labute approximate surface area is 137 Å². The van der Waals surface area contributed by atoms with E-state index in [9.17, 15) is 0 Å². The fourth-order valence-electron chi connectivity index (χ4n) is 1.46. The van der Waals surface area contributed by atoms with Gasteiger partial charge in [0.25, 0.3) is 0 Å². The summed E-state index contributed by atoms with van der Waals surface area (Å²) >= 11 is 1.73. The van der Waals surface area contributed by atoms with E-state index in [-0.39, 0.29) is 24.0 Å². The number of nitrogens with two attached hydrogens (primary N) is 1. The summed E-state index contributed by atoms with van der Waals surface area (Å²) in [6.45, 7) is 10.2. The number of aryl methyl sites for hydroxylation is 1. The largest absolute Gasteiger partial charge is 0.370 e. The highest BCUT2D eigenvalue weighted by molar-refractivity contribution is 14.0. The second kappa shape index (κ2) is 9.52. The summed E-state index contributed by atoms with van der Waals surface area (Å²) in [6.07, 6.45) is 3.02. The molecule has 1 rings (SSSR count). The Morgan fingerprint density at radius 1 is 1.47 bits per heavy atom. The van der Waals surface area contributed by atoms with Crippen molar-refractivity contribution < 1.29 is 0 Å². The van der Waals surface area contributed by atoms with Gasteiger partial charge in [0.2, 0.25) is 0 Å². The van der Waals surface area contributed by atoms with Gasteiger partial charge in [-0.05, 0) is 19.3 Å². The van der Waals surface area contributed by atoms with Crippen LogP contribution in [-0.4, -0.2) is 24.0 Å². The molecule has 0 fully saturated rings. The highest BCUT2D eigenvalue weighted by Gasteiger charge is 2.08. The van der Waals surface area contributed by atoms with E-state index in [0.29, 0.717) is 24.3 Å². The number of guanidine groups is 1. The average Bonchev–Trinajstić information content (AvgIpc) is 2.72. The second-order valence-electron chi connectivity index (χ2n) is 5.05. The fourth-order valence-corrected chi connectivity index (χ4v) is 2.27. The number of nitrogens with zero attached hydrogens (tertiary/aromatic N) is 2. The maximum Gasteiger partial charge on any atom is 0.188 e. The van der Waals surface area contributed by atoms with E-state index in [1.54, 1.807) is 11.3 Å². The summed E-state index contributed by atoms with van der Waals surface area (Å²) in [4.78, 5) is 9.96. The molecule has 0 bridgehead atoms. The lowest BCUT2D eigenvalue weighted by atomic mass is 10.1. The van der Waals surface area contributed by atoms with Gasteiger partial charge in [0.15, 0.2) is 5.96 Å². The van der Waals surface area contributed by atoms with Crippen LogP contribution in [0.3, 0.4) is 0 Å². The molecule has 0 aromatic carbocycles. The Hall–Kier alpha value is -0.370. The number of rotatable bonds is 6. The SMILES string of the molecule is Cc1cnc(C(C)CN=C(N)NCCC(C)C)s1.I. The Morgan fingerprint density at radius 2 is 2.16 bits per heavy atom. The predicted octanol–water partition coefficient (Wildman–Crippen LogP) is 3.12. The van der Waals surface area contributed by atoms with Crippen molar-refractivity contribution in [2.75, 3.05) is 13.1 Å². The number of aliphatic imine (C=N–C) groups is 1. The molecule has 19 heavy (non-hydrogen) atoms. The van der Waals surface area contributed by atoms with Crippen LogP contribution in [-0.2, 0) is 0 Å². The van der Waals surface area contributed by atoms with Crippen LogP contribution < -0.4 is 11.1 Å². The molecule has 0 aliphatic rings. The predicted molar refractivity (Wildman–Crippen MR) is 94.6 cm³/mol. The van der Waals surface area contributed by atoms with Crippen molar-refractivity contribution in [2.45, 2.75) is 40.0 Å². The van der Waals surface area contributed by atoms with Gasteiger partial charge in [-0.25, -0.2) is 4.98 Å². The third kappa shape index (κ3) is 7.71. The van der Waals surface area contributed by atoms with Crippen LogP contribution in [0.2, 0.25) is 0 Å². The first kappa shape index (κ1) is 18.6. The second-order valence-corrected chi connectivity index (χ2v) is 6.31. The maximum atomic E-state index is 5.81. The summed E-state index contributed by atoms with van der Waals surface area (Å²) in [5.74, 6) is 1.55. The van der Waals surface area contributed by atoms with Gasteiger partial charge in [0, 0.05) is 23.5 Å². The van der Waals surface area contributed by atoms with E-state index in [1.165, 1.54) is 4.88 Å². The Bertz CT molecular complexity index is 390. The molecule has 1 unspecified atom stereocenters. The van der Waals surface area contributed by atoms with Crippen molar-refractivity contribution >= 4 is 41.3 Å². The third-order valence-corrected chi connectivity index (χ3v) is 3.77. The molecule has 0 saturated carbocycles. The molecule has 0 saturated heterocycles.